The molecule has 1 amide bonds. The van der Waals surface area contributed by atoms with Crippen molar-refractivity contribution in [1.82, 2.24) is 4.90 Å². The Kier molecular flexibility index (Phi) is 7.04. The van der Waals surface area contributed by atoms with Crippen LogP contribution in [0.15, 0.2) is 78.9 Å². The Labute approximate surface area is 193 Å². The van der Waals surface area contributed by atoms with Crippen LogP contribution in [0.5, 0.6) is 5.75 Å². The molecule has 3 aromatic carbocycles. The average molecular weight is 451 g/mol. The van der Waals surface area contributed by atoms with E-state index in [9.17, 15) is 13.6 Å². The summed E-state index contributed by atoms with van der Waals surface area (Å²) < 4.78 is 32.8. The van der Waals surface area contributed by atoms with Gasteiger partial charge in [0, 0.05) is 13.1 Å². The van der Waals surface area contributed by atoms with Gasteiger partial charge in [-0.3, -0.25) is 4.79 Å². The third kappa shape index (κ3) is 4.62. The Hall–Kier alpha value is -3.25. The molecule has 1 atom stereocenters. The molecular formula is C27H28F2N2O2. The smallest absolute Gasteiger partial charge is 0.232 e. The number of nitrogens with zero attached hydrogens (tertiary/aromatic N) is 1. The standard InChI is InChI=1S/C27H28F2N2O2/c28-23-13-7-14-24(29)25(23)33-18-8-16-31-17-15-22(19-31)27(26(30)32,20-9-3-1-4-10-20)21-11-5-2-6-12-21/h1-7,9-14,22H,8,15-19H2,(H2,30,32). The third-order valence-electron chi connectivity index (χ3n) is 6.52. The highest BCUT2D eigenvalue weighted by Crippen LogP contribution is 2.43. The van der Waals surface area contributed by atoms with E-state index in [0.717, 1.165) is 24.1 Å². The number of ether oxygens (including phenoxy) is 1. The molecule has 1 aliphatic heterocycles. The second-order valence-corrected chi connectivity index (χ2v) is 8.44. The Morgan fingerprint density at radius 3 is 2.06 bits per heavy atom. The van der Waals surface area contributed by atoms with E-state index in [2.05, 4.69) is 4.90 Å². The van der Waals surface area contributed by atoms with Crippen molar-refractivity contribution in [2.75, 3.05) is 26.2 Å². The molecule has 172 valence electrons. The monoisotopic (exact) mass is 450 g/mol. The predicted molar refractivity (Wildman–Crippen MR) is 124 cm³/mol. The summed E-state index contributed by atoms with van der Waals surface area (Å²) in [6.45, 7) is 2.41. The minimum atomic E-state index is -0.927. The first-order chi connectivity index (χ1) is 16.0. The summed E-state index contributed by atoms with van der Waals surface area (Å²) in [4.78, 5) is 15.4. The number of nitrogens with two attached hydrogens (primary N) is 1. The highest BCUT2D eigenvalue weighted by molar-refractivity contribution is 5.91. The van der Waals surface area contributed by atoms with Crippen LogP contribution in [0.1, 0.15) is 24.0 Å². The van der Waals surface area contributed by atoms with Gasteiger partial charge in [-0.15, -0.1) is 0 Å². The van der Waals surface area contributed by atoms with Crippen molar-refractivity contribution < 1.29 is 18.3 Å². The van der Waals surface area contributed by atoms with Crippen LogP contribution in [0.4, 0.5) is 8.78 Å². The van der Waals surface area contributed by atoms with Crippen molar-refractivity contribution in [2.45, 2.75) is 18.3 Å². The number of halogens is 2. The van der Waals surface area contributed by atoms with E-state index in [1.54, 1.807) is 0 Å². The summed E-state index contributed by atoms with van der Waals surface area (Å²) in [7, 11) is 0. The molecule has 33 heavy (non-hydrogen) atoms. The lowest BCUT2D eigenvalue weighted by Gasteiger charge is -2.37. The van der Waals surface area contributed by atoms with Gasteiger partial charge in [0.1, 0.15) is 5.41 Å². The number of carbonyl (C=O) groups excluding carboxylic acids is 1. The Balaban J connectivity index is 1.47. The molecular weight excluding hydrogens is 422 g/mol. The van der Waals surface area contributed by atoms with E-state index in [4.69, 9.17) is 10.5 Å². The summed E-state index contributed by atoms with van der Waals surface area (Å²) in [5, 5.41) is 0. The first kappa shape index (κ1) is 22.9. The number of likely N-dealkylation sites (tertiary alicyclic amines) is 1. The number of hydrogen-bond acceptors (Lipinski definition) is 3. The Morgan fingerprint density at radius 1 is 0.939 bits per heavy atom. The molecule has 1 unspecified atom stereocenters. The number of primary amides is 1. The molecule has 6 heteroatoms. The van der Waals surface area contributed by atoms with Gasteiger partial charge in [0.15, 0.2) is 17.4 Å². The van der Waals surface area contributed by atoms with Gasteiger partial charge in [0.05, 0.1) is 6.61 Å². The zero-order valence-corrected chi connectivity index (χ0v) is 18.4. The average Bonchev–Trinajstić information content (AvgIpc) is 3.29. The second-order valence-electron chi connectivity index (χ2n) is 8.44. The maximum Gasteiger partial charge on any atom is 0.232 e. The normalized spacial score (nSPS) is 16.6. The Bertz CT molecular complexity index is 1020. The molecule has 1 aliphatic rings. The minimum absolute atomic E-state index is 0.00438. The maximum atomic E-state index is 13.7. The van der Waals surface area contributed by atoms with E-state index >= 15 is 0 Å². The zero-order chi connectivity index (χ0) is 23.3. The van der Waals surface area contributed by atoms with Crippen LogP contribution in [0.3, 0.4) is 0 Å². The van der Waals surface area contributed by atoms with Crippen LogP contribution in [0, 0.1) is 17.6 Å². The van der Waals surface area contributed by atoms with Crippen molar-refractivity contribution in [1.29, 1.82) is 0 Å². The van der Waals surface area contributed by atoms with Gasteiger partial charge >= 0.3 is 0 Å². The first-order valence-corrected chi connectivity index (χ1v) is 11.2. The van der Waals surface area contributed by atoms with Gasteiger partial charge in [0.25, 0.3) is 0 Å². The molecule has 2 N–H and O–H groups in total. The highest BCUT2D eigenvalue weighted by Gasteiger charge is 2.49. The number of para-hydroxylation sites is 1. The SMILES string of the molecule is NC(=O)C(c1ccccc1)(c1ccccc1)C1CCN(CCCOc2c(F)cccc2F)C1. The molecule has 0 bridgehead atoms. The van der Waals surface area contributed by atoms with Gasteiger partial charge in [-0.25, -0.2) is 8.78 Å². The summed E-state index contributed by atoms with van der Waals surface area (Å²) in [5.74, 6) is -2.09. The van der Waals surface area contributed by atoms with E-state index in [1.165, 1.54) is 18.2 Å². The largest absolute Gasteiger partial charge is 0.488 e. The molecule has 0 radical (unpaired) electrons. The van der Waals surface area contributed by atoms with Crippen molar-refractivity contribution in [2.24, 2.45) is 11.7 Å². The van der Waals surface area contributed by atoms with Crippen LogP contribution in [-0.4, -0.2) is 37.0 Å². The summed E-state index contributed by atoms with van der Waals surface area (Å²) >= 11 is 0. The topological polar surface area (TPSA) is 55.6 Å². The van der Waals surface area contributed by atoms with Crippen molar-refractivity contribution in [3.63, 3.8) is 0 Å². The number of benzene rings is 3. The zero-order valence-electron chi connectivity index (χ0n) is 18.4. The summed E-state index contributed by atoms with van der Waals surface area (Å²) in [6.07, 6.45) is 1.43. The van der Waals surface area contributed by atoms with E-state index in [0.29, 0.717) is 19.5 Å². The van der Waals surface area contributed by atoms with Crippen LogP contribution >= 0.6 is 0 Å². The molecule has 1 saturated heterocycles. The fourth-order valence-electron chi connectivity index (χ4n) is 5.00. The fourth-order valence-corrected chi connectivity index (χ4v) is 5.00. The van der Waals surface area contributed by atoms with Crippen LogP contribution in [0.2, 0.25) is 0 Å². The van der Waals surface area contributed by atoms with Gasteiger partial charge in [-0.1, -0.05) is 66.7 Å². The second kappa shape index (κ2) is 10.1. The lowest BCUT2D eigenvalue weighted by Crippen LogP contribution is -2.49. The van der Waals surface area contributed by atoms with E-state index in [1.807, 2.05) is 60.7 Å². The molecule has 1 heterocycles. The van der Waals surface area contributed by atoms with Gasteiger partial charge in [-0.2, -0.15) is 0 Å². The number of amides is 1. The van der Waals surface area contributed by atoms with E-state index < -0.39 is 17.0 Å². The summed E-state index contributed by atoms with van der Waals surface area (Å²) in [5.41, 5.74) is 6.99. The van der Waals surface area contributed by atoms with Gasteiger partial charge in [-0.05, 0) is 48.6 Å². The van der Waals surface area contributed by atoms with E-state index in [-0.39, 0.29) is 24.2 Å². The number of hydrogen-bond donors (Lipinski definition) is 1. The van der Waals surface area contributed by atoms with Crippen LogP contribution in [0.25, 0.3) is 0 Å². The third-order valence-corrected chi connectivity index (χ3v) is 6.52. The molecule has 1 fully saturated rings. The lowest BCUT2D eigenvalue weighted by molar-refractivity contribution is -0.123. The van der Waals surface area contributed by atoms with Crippen molar-refractivity contribution in [3.8, 4) is 5.75 Å². The Morgan fingerprint density at radius 2 is 1.52 bits per heavy atom. The lowest BCUT2D eigenvalue weighted by atomic mass is 9.64. The molecule has 0 aromatic heterocycles. The molecule has 3 aromatic rings. The van der Waals surface area contributed by atoms with Crippen LogP contribution < -0.4 is 10.5 Å². The first-order valence-electron chi connectivity index (χ1n) is 11.2. The molecule has 4 nitrogen and oxygen atoms in total. The predicted octanol–water partition coefficient (Wildman–Crippen LogP) is 4.53. The van der Waals surface area contributed by atoms with Gasteiger partial charge in [0.2, 0.25) is 5.91 Å². The molecule has 0 aliphatic carbocycles. The maximum absolute atomic E-state index is 13.7. The number of carbonyl (C=O) groups is 1. The minimum Gasteiger partial charge on any atom is -0.488 e. The number of rotatable bonds is 9. The van der Waals surface area contributed by atoms with Crippen molar-refractivity contribution in [3.05, 3.63) is 102 Å². The molecule has 0 saturated carbocycles. The highest BCUT2D eigenvalue weighted by atomic mass is 19.1. The molecule has 4 rings (SSSR count). The van der Waals surface area contributed by atoms with Crippen LogP contribution in [-0.2, 0) is 10.2 Å². The van der Waals surface area contributed by atoms with Gasteiger partial charge < -0.3 is 15.4 Å². The van der Waals surface area contributed by atoms with Crippen molar-refractivity contribution >= 4 is 5.91 Å². The quantitative estimate of drug-likeness (QED) is 0.488. The fraction of sp³-hybridized carbons (Fsp3) is 0.296. The molecule has 0 spiro atoms. The summed E-state index contributed by atoms with van der Waals surface area (Å²) in [6, 6.07) is 23.1.